The SMILES string of the molecule is Cc1ccc(C23CC(CCC2C)N3C(N)=O)cc1-c1ccccn1. The van der Waals surface area contributed by atoms with Crippen molar-refractivity contribution in [2.24, 2.45) is 11.7 Å². The van der Waals surface area contributed by atoms with Gasteiger partial charge in [-0.15, -0.1) is 0 Å². The van der Waals surface area contributed by atoms with Crippen molar-refractivity contribution in [1.82, 2.24) is 9.88 Å². The number of urea groups is 1. The number of primary amides is 1. The van der Waals surface area contributed by atoms with E-state index in [1.165, 1.54) is 11.1 Å². The van der Waals surface area contributed by atoms with Crippen LogP contribution in [0.5, 0.6) is 0 Å². The highest BCUT2D eigenvalue weighted by molar-refractivity contribution is 5.76. The molecule has 124 valence electrons. The maximum absolute atomic E-state index is 12.1. The van der Waals surface area contributed by atoms with Gasteiger partial charge in [0.25, 0.3) is 0 Å². The fourth-order valence-corrected chi connectivity index (χ4v) is 4.72. The number of amides is 2. The van der Waals surface area contributed by atoms with Crippen LogP contribution in [0, 0.1) is 12.8 Å². The van der Waals surface area contributed by atoms with Gasteiger partial charge in [-0.2, -0.15) is 0 Å². The van der Waals surface area contributed by atoms with Gasteiger partial charge in [-0.05, 0) is 61.4 Å². The molecule has 2 aliphatic heterocycles. The predicted molar refractivity (Wildman–Crippen MR) is 94.3 cm³/mol. The highest BCUT2D eigenvalue weighted by Crippen LogP contribution is 2.57. The molecule has 2 aromatic rings. The lowest BCUT2D eigenvalue weighted by Crippen LogP contribution is -2.72. The second-order valence-electron chi connectivity index (χ2n) is 7.21. The number of aryl methyl sites for hydroxylation is 1. The Hall–Kier alpha value is -2.36. The summed E-state index contributed by atoms with van der Waals surface area (Å²) in [7, 11) is 0. The quantitative estimate of drug-likeness (QED) is 0.913. The van der Waals surface area contributed by atoms with Crippen LogP contribution in [0.1, 0.15) is 37.3 Å². The van der Waals surface area contributed by atoms with Gasteiger partial charge in [0.2, 0.25) is 0 Å². The Bertz CT molecular complexity index is 789. The average molecular weight is 321 g/mol. The van der Waals surface area contributed by atoms with Crippen LogP contribution in [0.25, 0.3) is 11.3 Å². The van der Waals surface area contributed by atoms with Crippen LogP contribution in [0.4, 0.5) is 4.79 Å². The zero-order valence-electron chi connectivity index (χ0n) is 14.2. The van der Waals surface area contributed by atoms with Crippen molar-refractivity contribution < 1.29 is 4.79 Å². The molecule has 2 amide bonds. The van der Waals surface area contributed by atoms with Crippen LogP contribution in [0.15, 0.2) is 42.6 Å². The first-order valence-corrected chi connectivity index (χ1v) is 8.65. The highest BCUT2D eigenvalue weighted by atomic mass is 16.2. The molecule has 4 nitrogen and oxygen atoms in total. The lowest BCUT2D eigenvalue weighted by atomic mass is 9.59. The summed E-state index contributed by atoms with van der Waals surface area (Å²) in [5, 5.41) is 0. The van der Waals surface area contributed by atoms with E-state index in [0.29, 0.717) is 12.0 Å². The molecule has 0 radical (unpaired) electrons. The normalized spacial score (nSPS) is 28.3. The van der Waals surface area contributed by atoms with Crippen LogP contribution in [-0.2, 0) is 5.54 Å². The van der Waals surface area contributed by atoms with Gasteiger partial charge in [-0.1, -0.05) is 25.1 Å². The molecule has 4 heteroatoms. The summed E-state index contributed by atoms with van der Waals surface area (Å²) >= 11 is 0. The summed E-state index contributed by atoms with van der Waals surface area (Å²) in [5.41, 5.74) is 9.97. The molecule has 1 aromatic carbocycles. The second kappa shape index (κ2) is 5.33. The Morgan fingerprint density at radius 3 is 2.79 bits per heavy atom. The number of carbonyl (C=O) groups is 1. The van der Waals surface area contributed by atoms with Crippen LogP contribution in [-0.4, -0.2) is 22.0 Å². The van der Waals surface area contributed by atoms with E-state index in [4.69, 9.17) is 5.73 Å². The molecule has 2 bridgehead atoms. The first-order valence-electron chi connectivity index (χ1n) is 8.65. The Morgan fingerprint density at radius 2 is 2.12 bits per heavy atom. The summed E-state index contributed by atoms with van der Waals surface area (Å²) in [5.74, 6) is 0.411. The van der Waals surface area contributed by atoms with E-state index in [0.717, 1.165) is 30.5 Å². The maximum atomic E-state index is 12.1. The fourth-order valence-electron chi connectivity index (χ4n) is 4.72. The van der Waals surface area contributed by atoms with Crippen molar-refractivity contribution in [3.05, 3.63) is 53.7 Å². The third-order valence-electron chi connectivity index (χ3n) is 6.01. The number of aromatic nitrogens is 1. The summed E-state index contributed by atoms with van der Waals surface area (Å²) in [6.45, 7) is 4.34. The van der Waals surface area contributed by atoms with E-state index >= 15 is 0 Å². The van der Waals surface area contributed by atoms with E-state index in [2.05, 4.69) is 37.0 Å². The van der Waals surface area contributed by atoms with Gasteiger partial charge < -0.3 is 10.6 Å². The standard InChI is InChI=1S/C20H23N3O/c1-13-6-8-15(11-17(13)18-5-3-4-10-22-18)20-12-16(9-7-14(20)2)23(20)19(21)24/h3-6,8,10-11,14,16H,7,9,12H2,1-2H3,(H2,21,24). The molecular weight excluding hydrogens is 298 g/mol. The largest absolute Gasteiger partial charge is 0.351 e. The molecule has 3 aliphatic rings. The summed E-state index contributed by atoms with van der Waals surface area (Å²) in [4.78, 5) is 18.5. The highest BCUT2D eigenvalue weighted by Gasteiger charge is 2.60. The zero-order chi connectivity index (χ0) is 16.9. The van der Waals surface area contributed by atoms with Gasteiger partial charge in [-0.25, -0.2) is 4.79 Å². The zero-order valence-corrected chi connectivity index (χ0v) is 14.2. The van der Waals surface area contributed by atoms with Gasteiger partial charge in [0.1, 0.15) is 0 Å². The van der Waals surface area contributed by atoms with E-state index in [1.54, 1.807) is 0 Å². The first kappa shape index (κ1) is 15.2. The fraction of sp³-hybridized carbons (Fsp3) is 0.400. The van der Waals surface area contributed by atoms with Gasteiger partial charge >= 0.3 is 6.03 Å². The lowest BCUT2D eigenvalue weighted by molar-refractivity contribution is -0.113. The van der Waals surface area contributed by atoms with E-state index in [1.807, 2.05) is 29.3 Å². The number of nitrogens with zero attached hydrogens (tertiary/aromatic N) is 2. The van der Waals surface area contributed by atoms with Crippen LogP contribution < -0.4 is 5.73 Å². The van der Waals surface area contributed by atoms with Crippen LogP contribution in [0.2, 0.25) is 0 Å². The molecule has 3 unspecified atom stereocenters. The minimum absolute atomic E-state index is 0.244. The number of hydrogen-bond donors (Lipinski definition) is 1. The van der Waals surface area contributed by atoms with Crippen molar-refractivity contribution in [2.75, 3.05) is 0 Å². The minimum atomic E-state index is -0.294. The Labute approximate surface area is 142 Å². The Balaban J connectivity index is 1.83. The van der Waals surface area contributed by atoms with E-state index in [-0.39, 0.29) is 11.6 Å². The van der Waals surface area contributed by atoms with Crippen molar-refractivity contribution in [2.45, 2.75) is 44.7 Å². The molecule has 1 aromatic heterocycles. The molecule has 3 heterocycles. The molecular formula is C20H23N3O. The number of pyridine rings is 1. The van der Waals surface area contributed by atoms with Crippen LogP contribution >= 0.6 is 0 Å². The number of hydrogen-bond acceptors (Lipinski definition) is 2. The smallest absolute Gasteiger partial charge is 0.315 e. The van der Waals surface area contributed by atoms with E-state index in [9.17, 15) is 4.79 Å². The predicted octanol–water partition coefficient (Wildman–Crippen LogP) is 3.84. The van der Waals surface area contributed by atoms with Gasteiger partial charge in [-0.3, -0.25) is 4.98 Å². The number of nitrogens with two attached hydrogens (primary N) is 1. The second-order valence-corrected chi connectivity index (χ2v) is 7.21. The first-order chi connectivity index (χ1) is 11.5. The Morgan fingerprint density at radius 1 is 1.29 bits per heavy atom. The third kappa shape index (κ3) is 1.98. The van der Waals surface area contributed by atoms with Crippen molar-refractivity contribution in [1.29, 1.82) is 0 Å². The van der Waals surface area contributed by atoms with Gasteiger partial charge in [0.05, 0.1) is 11.2 Å². The average Bonchev–Trinajstić information content (AvgIpc) is 2.55. The molecule has 3 fully saturated rings. The van der Waals surface area contributed by atoms with Crippen molar-refractivity contribution >= 4 is 6.03 Å². The molecule has 1 saturated carbocycles. The maximum Gasteiger partial charge on any atom is 0.315 e. The lowest BCUT2D eigenvalue weighted by Gasteiger charge is -2.64. The number of fused-ring (bicyclic) bond motifs is 2. The van der Waals surface area contributed by atoms with E-state index < -0.39 is 0 Å². The number of rotatable bonds is 2. The molecule has 5 rings (SSSR count). The molecule has 1 aliphatic carbocycles. The molecule has 0 spiro atoms. The van der Waals surface area contributed by atoms with Crippen molar-refractivity contribution in [3.8, 4) is 11.3 Å². The van der Waals surface area contributed by atoms with Crippen molar-refractivity contribution in [3.63, 3.8) is 0 Å². The van der Waals surface area contributed by atoms with Gasteiger partial charge in [0, 0.05) is 17.8 Å². The minimum Gasteiger partial charge on any atom is -0.351 e. The molecule has 3 atom stereocenters. The van der Waals surface area contributed by atoms with Crippen LogP contribution in [0.3, 0.4) is 0 Å². The summed E-state index contributed by atoms with van der Waals surface area (Å²) in [6, 6.07) is 12.5. The topological polar surface area (TPSA) is 59.2 Å². The third-order valence-corrected chi connectivity index (χ3v) is 6.01. The molecule has 24 heavy (non-hydrogen) atoms. The monoisotopic (exact) mass is 321 g/mol. The summed E-state index contributed by atoms with van der Waals surface area (Å²) < 4.78 is 0. The van der Waals surface area contributed by atoms with Gasteiger partial charge in [0.15, 0.2) is 0 Å². The number of carbonyl (C=O) groups excluding carboxylic acids is 1. The Kier molecular flexibility index (Phi) is 3.37. The number of piperidine rings is 1. The molecule has 2 N–H and O–H groups in total. The molecule has 2 saturated heterocycles. The summed E-state index contributed by atoms with van der Waals surface area (Å²) in [6.07, 6.45) is 5.03. The number of benzene rings is 1.